The Morgan fingerprint density at radius 3 is 2.22 bits per heavy atom. The molecule has 1 aromatic rings. The zero-order valence-electron chi connectivity index (χ0n) is 16.8. The Labute approximate surface area is 160 Å². The van der Waals surface area contributed by atoms with Crippen LogP contribution in [0.15, 0.2) is 12.1 Å². The number of benzene rings is 1. The Balaban J connectivity index is 2.40. The Hall–Kier alpha value is -2.61. The van der Waals surface area contributed by atoms with Crippen molar-refractivity contribution in [2.24, 2.45) is 0 Å². The van der Waals surface area contributed by atoms with Crippen molar-refractivity contribution in [2.75, 3.05) is 45.7 Å². The first-order chi connectivity index (χ1) is 12.7. The number of hydrogen-bond acceptors (Lipinski definition) is 4. The maximum absolute atomic E-state index is 12.2. The van der Waals surface area contributed by atoms with Crippen LogP contribution in [0.5, 0.6) is 0 Å². The molecule has 8 heteroatoms. The Morgan fingerprint density at radius 2 is 1.63 bits per heavy atom. The van der Waals surface area contributed by atoms with E-state index in [2.05, 4.69) is 16.0 Å². The van der Waals surface area contributed by atoms with Crippen LogP contribution in [0.4, 0.5) is 10.5 Å². The van der Waals surface area contributed by atoms with E-state index >= 15 is 0 Å². The predicted molar refractivity (Wildman–Crippen MR) is 105 cm³/mol. The van der Waals surface area contributed by atoms with Gasteiger partial charge in [0, 0.05) is 39.4 Å². The van der Waals surface area contributed by atoms with Crippen molar-refractivity contribution in [2.45, 2.75) is 27.2 Å². The molecule has 0 aliphatic rings. The van der Waals surface area contributed by atoms with Crippen molar-refractivity contribution in [3.05, 3.63) is 28.8 Å². The average molecular weight is 378 g/mol. The number of nitrogens with one attached hydrogen (secondary N) is 3. The molecule has 0 bridgehead atoms. The Bertz CT molecular complexity index is 653. The van der Waals surface area contributed by atoms with E-state index in [1.807, 2.05) is 32.9 Å². The second-order valence-corrected chi connectivity index (χ2v) is 6.50. The van der Waals surface area contributed by atoms with Crippen molar-refractivity contribution in [1.82, 2.24) is 15.5 Å². The van der Waals surface area contributed by atoms with E-state index in [0.29, 0.717) is 13.2 Å². The number of carbonyl (C=O) groups is 3. The van der Waals surface area contributed by atoms with Gasteiger partial charge in [-0.25, -0.2) is 4.79 Å². The largest absolute Gasteiger partial charge is 0.383 e. The molecule has 0 fully saturated rings. The number of methoxy groups -OCH3 is 1. The lowest BCUT2D eigenvalue weighted by atomic mass is 10.1. The van der Waals surface area contributed by atoms with Crippen LogP contribution in [0.1, 0.15) is 23.1 Å². The van der Waals surface area contributed by atoms with Gasteiger partial charge >= 0.3 is 6.03 Å². The van der Waals surface area contributed by atoms with Gasteiger partial charge in [-0.3, -0.25) is 9.59 Å². The predicted octanol–water partition coefficient (Wildman–Crippen LogP) is 1.34. The number of hydrogen-bond donors (Lipinski definition) is 3. The van der Waals surface area contributed by atoms with Gasteiger partial charge in [-0.2, -0.15) is 0 Å². The number of ether oxygens (including phenoxy) is 1. The molecule has 0 heterocycles. The fourth-order valence-electron chi connectivity index (χ4n) is 2.64. The van der Waals surface area contributed by atoms with Gasteiger partial charge in [0.05, 0.1) is 6.61 Å². The van der Waals surface area contributed by atoms with Crippen molar-refractivity contribution >= 4 is 23.5 Å². The number of anilines is 1. The summed E-state index contributed by atoms with van der Waals surface area (Å²) in [4.78, 5) is 37.1. The second-order valence-electron chi connectivity index (χ2n) is 6.50. The third-order valence-corrected chi connectivity index (χ3v) is 3.93. The van der Waals surface area contributed by atoms with E-state index in [9.17, 15) is 14.4 Å². The van der Waals surface area contributed by atoms with Gasteiger partial charge < -0.3 is 25.6 Å². The topological polar surface area (TPSA) is 99.8 Å². The quantitative estimate of drug-likeness (QED) is 0.565. The lowest BCUT2D eigenvalue weighted by molar-refractivity contribution is -0.121. The average Bonchev–Trinajstić information content (AvgIpc) is 2.58. The van der Waals surface area contributed by atoms with Crippen LogP contribution in [0, 0.1) is 20.8 Å². The maximum atomic E-state index is 12.2. The minimum absolute atomic E-state index is 0.0847. The minimum Gasteiger partial charge on any atom is -0.383 e. The van der Waals surface area contributed by atoms with Gasteiger partial charge in [0.25, 0.3) is 0 Å². The van der Waals surface area contributed by atoms with Gasteiger partial charge in [0.15, 0.2) is 0 Å². The van der Waals surface area contributed by atoms with Gasteiger partial charge in [0.2, 0.25) is 11.8 Å². The monoisotopic (exact) mass is 378 g/mol. The van der Waals surface area contributed by atoms with Crippen LogP contribution in [0.25, 0.3) is 0 Å². The molecule has 150 valence electrons. The number of likely N-dealkylation sites (N-methyl/N-ethyl adjacent to an activating group) is 1. The van der Waals surface area contributed by atoms with Gasteiger partial charge in [-0.1, -0.05) is 17.7 Å². The highest BCUT2D eigenvalue weighted by molar-refractivity contribution is 5.95. The van der Waals surface area contributed by atoms with Crippen LogP contribution in [-0.2, 0) is 14.3 Å². The molecule has 1 aromatic carbocycles. The third-order valence-electron chi connectivity index (χ3n) is 3.93. The van der Waals surface area contributed by atoms with Crippen LogP contribution >= 0.6 is 0 Å². The molecule has 1 rings (SSSR count). The first kappa shape index (κ1) is 22.4. The molecule has 0 aliphatic heterocycles. The molecular weight excluding hydrogens is 348 g/mol. The number of rotatable bonds is 9. The number of urea groups is 1. The third kappa shape index (κ3) is 8.08. The van der Waals surface area contributed by atoms with Crippen molar-refractivity contribution in [3.8, 4) is 0 Å². The maximum Gasteiger partial charge on any atom is 0.317 e. The number of aryl methyl sites for hydroxylation is 3. The molecule has 0 saturated carbocycles. The molecule has 0 spiro atoms. The normalized spacial score (nSPS) is 10.3. The van der Waals surface area contributed by atoms with E-state index in [4.69, 9.17) is 4.74 Å². The van der Waals surface area contributed by atoms with Crippen molar-refractivity contribution in [3.63, 3.8) is 0 Å². The van der Waals surface area contributed by atoms with Gasteiger partial charge in [0.1, 0.15) is 6.54 Å². The number of carbonyl (C=O) groups excluding carboxylic acids is 3. The first-order valence-electron chi connectivity index (χ1n) is 8.87. The van der Waals surface area contributed by atoms with E-state index in [1.54, 1.807) is 7.11 Å². The highest BCUT2D eigenvalue weighted by Crippen LogP contribution is 2.21. The smallest absolute Gasteiger partial charge is 0.317 e. The van der Waals surface area contributed by atoms with E-state index in [-0.39, 0.29) is 31.3 Å². The van der Waals surface area contributed by atoms with Crippen molar-refractivity contribution < 1.29 is 19.1 Å². The zero-order chi connectivity index (χ0) is 20.4. The first-order valence-corrected chi connectivity index (χ1v) is 8.87. The summed E-state index contributed by atoms with van der Waals surface area (Å²) in [5, 5.41) is 8.14. The highest BCUT2D eigenvalue weighted by Gasteiger charge is 2.14. The fraction of sp³-hybridized carbons (Fsp3) is 0.526. The summed E-state index contributed by atoms with van der Waals surface area (Å²) in [6, 6.07) is 3.58. The van der Waals surface area contributed by atoms with Crippen LogP contribution in [0.3, 0.4) is 0 Å². The van der Waals surface area contributed by atoms with E-state index in [1.165, 1.54) is 11.9 Å². The molecule has 0 saturated heterocycles. The minimum atomic E-state index is -0.410. The Kier molecular flexibility index (Phi) is 9.29. The molecule has 0 aliphatic carbocycles. The molecule has 3 N–H and O–H groups in total. The SMILES string of the molecule is COCCNC(=O)CCNC(=O)N(C)CC(=O)Nc1c(C)cc(C)cc1C. The standard InChI is InChI=1S/C19H30N4O4/c1-13-10-14(2)18(15(3)11-13)22-17(25)12-23(4)19(26)21-7-6-16(24)20-8-9-27-5/h10-11H,6-9,12H2,1-5H3,(H,20,24)(H,21,26)(H,22,25). The zero-order valence-corrected chi connectivity index (χ0v) is 16.8. The molecular formula is C19H30N4O4. The molecule has 0 unspecified atom stereocenters. The molecule has 0 radical (unpaired) electrons. The summed E-state index contributed by atoms with van der Waals surface area (Å²) in [5.41, 5.74) is 3.86. The van der Waals surface area contributed by atoms with Crippen molar-refractivity contribution in [1.29, 1.82) is 0 Å². The molecule has 27 heavy (non-hydrogen) atoms. The van der Waals surface area contributed by atoms with Crippen LogP contribution in [-0.4, -0.2) is 63.1 Å². The Morgan fingerprint density at radius 1 is 1.00 bits per heavy atom. The van der Waals surface area contributed by atoms with E-state index < -0.39 is 6.03 Å². The summed E-state index contributed by atoms with van der Waals surface area (Å²) >= 11 is 0. The number of amides is 4. The molecule has 8 nitrogen and oxygen atoms in total. The van der Waals surface area contributed by atoms with Gasteiger partial charge in [-0.15, -0.1) is 0 Å². The lowest BCUT2D eigenvalue weighted by Crippen LogP contribution is -2.42. The fourth-order valence-corrected chi connectivity index (χ4v) is 2.64. The van der Waals surface area contributed by atoms with Crippen LogP contribution < -0.4 is 16.0 Å². The lowest BCUT2D eigenvalue weighted by Gasteiger charge is -2.19. The molecule has 0 aromatic heterocycles. The van der Waals surface area contributed by atoms with Crippen LogP contribution in [0.2, 0.25) is 0 Å². The summed E-state index contributed by atoms with van der Waals surface area (Å²) < 4.78 is 4.84. The summed E-state index contributed by atoms with van der Waals surface area (Å²) in [5.74, 6) is -0.446. The second kappa shape index (κ2) is 11.2. The van der Waals surface area contributed by atoms with Gasteiger partial charge in [-0.05, 0) is 31.9 Å². The summed E-state index contributed by atoms with van der Waals surface area (Å²) in [7, 11) is 3.09. The summed E-state index contributed by atoms with van der Waals surface area (Å²) in [6.45, 7) is 6.85. The summed E-state index contributed by atoms with van der Waals surface area (Å²) in [6.07, 6.45) is 0.164. The molecule has 4 amide bonds. The highest BCUT2D eigenvalue weighted by atomic mass is 16.5. The number of nitrogens with zero attached hydrogens (tertiary/aromatic N) is 1. The van der Waals surface area contributed by atoms with E-state index in [0.717, 1.165) is 22.4 Å². The molecule has 0 atom stereocenters.